The molecule has 0 saturated carbocycles. The van der Waals surface area contributed by atoms with E-state index in [0.717, 1.165) is 12.8 Å². The molecule has 2 rings (SSSR count). The molecule has 0 aromatic heterocycles. The fraction of sp³-hybridized carbons (Fsp3) is 0.556. The van der Waals surface area contributed by atoms with Gasteiger partial charge < -0.3 is 5.73 Å². The van der Waals surface area contributed by atoms with E-state index in [-0.39, 0.29) is 11.5 Å². The number of benzene rings is 2. The van der Waals surface area contributed by atoms with Crippen molar-refractivity contribution < 1.29 is 0 Å². The van der Waals surface area contributed by atoms with E-state index in [4.69, 9.17) is 5.73 Å². The normalized spacial score (nSPS) is 12.8. The lowest BCUT2D eigenvalue weighted by molar-refractivity contribution is 0.363. The largest absolute Gasteiger partial charge is 0.327 e. The molecule has 0 radical (unpaired) electrons. The van der Waals surface area contributed by atoms with Crippen LogP contribution < -0.4 is 5.73 Å². The second-order valence-corrected chi connectivity index (χ2v) is 8.28. The van der Waals surface area contributed by atoms with Gasteiger partial charge in [-0.2, -0.15) is 0 Å². The molecule has 154 valence electrons. The summed E-state index contributed by atoms with van der Waals surface area (Å²) in [5.74, 6) is 0. The van der Waals surface area contributed by atoms with Crippen molar-refractivity contribution in [3.8, 4) is 0 Å². The first-order chi connectivity index (χ1) is 13.8. The first kappa shape index (κ1) is 22.7. The van der Waals surface area contributed by atoms with Gasteiger partial charge in [0.05, 0.1) is 0 Å². The van der Waals surface area contributed by atoms with Gasteiger partial charge in [0, 0.05) is 11.5 Å². The highest BCUT2D eigenvalue weighted by molar-refractivity contribution is 5.41. The fourth-order valence-electron chi connectivity index (χ4n) is 4.66. The maximum absolute atomic E-state index is 6.92. The highest BCUT2D eigenvalue weighted by Gasteiger charge is 2.38. The molecule has 2 aromatic rings. The molecule has 0 saturated heterocycles. The number of nitrogens with two attached hydrogens (primary N) is 1. The van der Waals surface area contributed by atoms with Crippen molar-refractivity contribution in [1.29, 1.82) is 0 Å². The van der Waals surface area contributed by atoms with Crippen molar-refractivity contribution in [1.82, 2.24) is 0 Å². The molecule has 0 spiro atoms. The highest BCUT2D eigenvalue weighted by Crippen LogP contribution is 2.39. The van der Waals surface area contributed by atoms with Gasteiger partial charge in [0.1, 0.15) is 0 Å². The summed E-state index contributed by atoms with van der Waals surface area (Å²) < 4.78 is 0. The van der Waals surface area contributed by atoms with Gasteiger partial charge in [0.2, 0.25) is 0 Å². The molecule has 0 heterocycles. The van der Waals surface area contributed by atoms with Crippen LogP contribution in [0.15, 0.2) is 60.7 Å². The predicted molar refractivity (Wildman–Crippen MR) is 124 cm³/mol. The topological polar surface area (TPSA) is 26.0 Å². The van der Waals surface area contributed by atoms with Crippen molar-refractivity contribution in [3.05, 3.63) is 71.8 Å². The zero-order valence-electron chi connectivity index (χ0n) is 18.2. The summed E-state index contributed by atoms with van der Waals surface area (Å²) in [6.07, 6.45) is 14.4. The van der Waals surface area contributed by atoms with E-state index in [0.29, 0.717) is 0 Å². The van der Waals surface area contributed by atoms with Gasteiger partial charge in [-0.1, -0.05) is 132 Å². The first-order valence-corrected chi connectivity index (χ1v) is 11.6. The lowest BCUT2D eigenvalue weighted by Gasteiger charge is -2.40. The minimum atomic E-state index is -0.0946. The van der Waals surface area contributed by atoms with Crippen molar-refractivity contribution in [2.75, 3.05) is 0 Å². The Bertz CT molecular complexity index is 580. The SMILES string of the molecule is CCCCCCCCCCCC(N)C(CC)(c1ccccc1)c1ccccc1. The van der Waals surface area contributed by atoms with Crippen molar-refractivity contribution in [3.63, 3.8) is 0 Å². The summed E-state index contributed by atoms with van der Waals surface area (Å²) in [5.41, 5.74) is 9.54. The predicted octanol–water partition coefficient (Wildman–Crippen LogP) is 7.63. The lowest BCUT2D eigenvalue weighted by Crippen LogP contribution is -2.46. The van der Waals surface area contributed by atoms with Gasteiger partial charge in [-0.25, -0.2) is 0 Å². The molecule has 1 nitrogen and oxygen atoms in total. The molecule has 28 heavy (non-hydrogen) atoms. The van der Waals surface area contributed by atoms with Gasteiger partial charge in [0.25, 0.3) is 0 Å². The molecule has 1 unspecified atom stereocenters. The number of hydrogen-bond donors (Lipinski definition) is 1. The third-order valence-electron chi connectivity index (χ3n) is 6.39. The van der Waals surface area contributed by atoms with Crippen LogP contribution in [0.3, 0.4) is 0 Å². The Morgan fingerprint density at radius 1 is 0.643 bits per heavy atom. The van der Waals surface area contributed by atoms with Crippen molar-refractivity contribution >= 4 is 0 Å². The van der Waals surface area contributed by atoms with E-state index in [1.165, 1.54) is 68.9 Å². The summed E-state index contributed by atoms with van der Waals surface area (Å²) >= 11 is 0. The average Bonchev–Trinajstić information content (AvgIpc) is 2.75. The van der Waals surface area contributed by atoms with Crippen LogP contribution in [0, 0.1) is 0 Å². The molecule has 0 aliphatic rings. The maximum Gasteiger partial charge on any atom is 0.0351 e. The van der Waals surface area contributed by atoms with Crippen molar-refractivity contribution in [2.45, 2.75) is 95.9 Å². The second kappa shape index (κ2) is 12.8. The summed E-state index contributed by atoms with van der Waals surface area (Å²) in [5, 5.41) is 0. The summed E-state index contributed by atoms with van der Waals surface area (Å²) in [6.45, 7) is 4.57. The van der Waals surface area contributed by atoms with Gasteiger partial charge >= 0.3 is 0 Å². The summed E-state index contributed by atoms with van der Waals surface area (Å²) in [7, 11) is 0. The highest BCUT2D eigenvalue weighted by atomic mass is 14.7. The van der Waals surface area contributed by atoms with Gasteiger partial charge in [-0.15, -0.1) is 0 Å². The first-order valence-electron chi connectivity index (χ1n) is 11.6. The Balaban J connectivity index is 1.95. The van der Waals surface area contributed by atoms with E-state index >= 15 is 0 Å². The Morgan fingerprint density at radius 2 is 1.07 bits per heavy atom. The molecular weight excluding hydrogens is 338 g/mol. The van der Waals surface area contributed by atoms with Crippen LogP contribution >= 0.6 is 0 Å². The van der Waals surface area contributed by atoms with Crippen molar-refractivity contribution in [2.24, 2.45) is 5.73 Å². The maximum atomic E-state index is 6.92. The van der Waals surface area contributed by atoms with E-state index in [9.17, 15) is 0 Å². The number of hydrogen-bond acceptors (Lipinski definition) is 1. The number of rotatable bonds is 14. The van der Waals surface area contributed by atoms with E-state index < -0.39 is 0 Å². The van der Waals surface area contributed by atoms with Crippen LogP contribution in [0.25, 0.3) is 0 Å². The lowest BCUT2D eigenvalue weighted by atomic mass is 9.66. The van der Waals surface area contributed by atoms with Crippen LogP contribution in [0.1, 0.15) is 95.6 Å². The third-order valence-corrected chi connectivity index (χ3v) is 6.39. The molecule has 0 fully saturated rings. The second-order valence-electron chi connectivity index (χ2n) is 8.28. The van der Waals surface area contributed by atoms with E-state index in [1.54, 1.807) is 0 Å². The Hall–Kier alpha value is -1.60. The van der Waals surface area contributed by atoms with E-state index in [1.807, 2.05) is 0 Å². The quantitative estimate of drug-likeness (QED) is 0.335. The summed E-state index contributed by atoms with van der Waals surface area (Å²) in [6, 6.07) is 22.0. The minimum Gasteiger partial charge on any atom is -0.327 e. The molecular formula is C27H41N. The molecule has 1 heteroatoms. The Kier molecular flexibility index (Phi) is 10.4. The molecule has 0 aliphatic heterocycles. The Labute approximate surface area is 173 Å². The van der Waals surface area contributed by atoms with Gasteiger partial charge in [-0.3, -0.25) is 0 Å². The molecule has 0 amide bonds. The van der Waals surface area contributed by atoms with Gasteiger partial charge in [0.15, 0.2) is 0 Å². The molecule has 0 bridgehead atoms. The average molecular weight is 380 g/mol. The zero-order valence-corrected chi connectivity index (χ0v) is 18.2. The molecule has 2 aromatic carbocycles. The zero-order chi connectivity index (χ0) is 20.1. The smallest absolute Gasteiger partial charge is 0.0351 e. The number of unbranched alkanes of at least 4 members (excludes halogenated alkanes) is 8. The van der Waals surface area contributed by atoms with Crippen LogP contribution in [0.4, 0.5) is 0 Å². The van der Waals surface area contributed by atoms with Crippen LogP contribution in [-0.4, -0.2) is 6.04 Å². The fourth-order valence-corrected chi connectivity index (χ4v) is 4.66. The van der Waals surface area contributed by atoms with E-state index in [2.05, 4.69) is 74.5 Å². The van der Waals surface area contributed by atoms with Gasteiger partial charge in [-0.05, 0) is 24.0 Å². The Morgan fingerprint density at radius 3 is 1.50 bits per heavy atom. The minimum absolute atomic E-state index is 0.0946. The third kappa shape index (κ3) is 6.21. The summed E-state index contributed by atoms with van der Waals surface area (Å²) in [4.78, 5) is 0. The molecule has 1 atom stereocenters. The van der Waals surface area contributed by atoms with Crippen LogP contribution in [0.2, 0.25) is 0 Å². The molecule has 0 aliphatic carbocycles. The van der Waals surface area contributed by atoms with Crippen LogP contribution in [0.5, 0.6) is 0 Å². The standard InChI is InChI=1S/C27H41N/c1-3-5-6-7-8-9-10-11-18-23-26(28)27(4-2,24-19-14-12-15-20-24)25-21-16-13-17-22-25/h12-17,19-22,26H,3-11,18,23,28H2,1-2H3. The molecule has 2 N–H and O–H groups in total. The monoisotopic (exact) mass is 379 g/mol. The van der Waals surface area contributed by atoms with Crippen LogP contribution in [-0.2, 0) is 5.41 Å².